The Hall–Kier alpha value is -2.07. The van der Waals surface area contributed by atoms with Gasteiger partial charge in [-0.05, 0) is 42.3 Å². The van der Waals surface area contributed by atoms with Crippen LogP contribution in [0.25, 0.3) is 6.08 Å². The molecule has 1 rings (SSSR count). The molecule has 0 bridgehead atoms. The molecule has 0 saturated carbocycles. The van der Waals surface area contributed by atoms with Gasteiger partial charge in [0.1, 0.15) is 0 Å². The Labute approximate surface area is 109 Å². The summed E-state index contributed by atoms with van der Waals surface area (Å²) in [5, 5.41) is 21.8. The SMILES string of the molecule is CC(=CC(=O)[O-])C(=Cc1ccc(Cl)cc1)C(=O)[O-]. The molecule has 0 unspecified atom stereocenters. The fourth-order valence-electron chi connectivity index (χ4n) is 1.31. The lowest BCUT2D eigenvalue weighted by Crippen LogP contribution is -2.26. The molecule has 94 valence electrons. The van der Waals surface area contributed by atoms with Crippen LogP contribution >= 0.6 is 11.6 Å². The summed E-state index contributed by atoms with van der Waals surface area (Å²) in [5.74, 6) is -2.92. The van der Waals surface area contributed by atoms with E-state index in [1.807, 2.05) is 0 Å². The lowest BCUT2D eigenvalue weighted by atomic mass is 10.0. The monoisotopic (exact) mass is 264 g/mol. The Morgan fingerprint density at radius 1 is 1.17 bits per heavy atom. The standard InChI is InChI=1S/C13H11ClO4/c1-8(6-12(15)16)11(13(17)18)7-9-2-4-10(14)5-3-9/h2-7H,1H3,(H,15,16)(H,17,18)/p-2. The van der Waals surface area contributed by atoms with Crippen molar-refractivity contribution in [3.05, 3.63) is 52.1 Å². The van der Waals surface area contributed by atoms with E-state index in [1.165, 1.54) is 13.0 Å². The number of carboxylic acid groups (broad SMARTS) is 2. The molecule has 0 saturated heterocycles. The molecule has 5 heteroatoms. The minimum Gasteiger partial charge on any atom is -0.545 e. The first kappa shape index (κ1) is 14.0. The molecule has 0 fully saturated rings. The number of carbonyl (C=O) groups excluding carboxylic acids is 2. The van der Waals surface area contributed by atoms with Gasteiger partial charge in [-0.3, -0.25) is 0 Å². The van der Waals surface area contributed by atoms with E-state index in [1.54, 1.807) is 24.3 Å². The van der Waals surface area contributed by atoms with Gasteiger partial charge in [0.25, 0.3) is 0 Å². The molecule has 1 aromatic rings. The maximum Gasteiger partial charge on any atom is 0.0718 e. The van der Waals surface area contributed by atoms with Crippen molar-refractivity contribution in [3.8, 4) is 0 Å². The molecule has 0 aliphatic heterocycles. The number of carboxylic acids is 2. The van der Waals surface area contributed by atoms with E-state index in [2.05, 4.69) is 0 Å². The highest BCUT2D eigenvalue weighted by Gasteiger charge is 2.02. The Balaban J connectivity index is 3.17. The molecule has 0 aromatic heterocycles. The van der Waals surface area contributed by atoms with Gasteiger partial charge in [0, 0.05) is 10.6 Å². The van der Waals surface area contributed by atoms with Gasteiger partial charge in [0.2, 0.25) is 0 Å². The van der Waals surface area contributed by atoms with E-state index in [4.69, 9.17) is 11.6 Å². The Morgan fingerprint density at radius 3 is 2.17 bits per heavy atom. The van der Waals surface area contributed by atoms with Gasteiger partial charge in [-0.2, -0.15) is 0 Å². The van der Waals surface area contributed by atoms with E-state index >= 15 is 0 Å². The second kappa shape index (κ2) is 6.02. The summed E-state index contributed by atoms with van der Waals surface area (Å²) in [6.07, 6.45) is 2.01. The summed E-state index contributed by atoms with van der Waals surface area (Å²) in [4.78, 5) is 21.3. The van der Waals surface area contributed by atoms with E-state index < -0.39 is 11.9 Å². The van der Waals surface area contributed by atoms with E-state index in [9.17, 15) is 19.8 Å². The van der Waals surface area contributed by atoms with Crippen LogP contribution in [0.3, 0.4) is 0 Å². The second-order valence-electron chi connectivity index (χ2n) is 3.54. The van der Waals surface area contributed by atoms with Gasteiger partial charge in [-0.25, -0.2) is 0 Å². The molecule has 4 nitrogen and oxygen atoms in total. The molecule has 0 aliphatic carbocycles. The van der Waals surface area contributed by atoms with Crippen LogP contribution in [0.2, 0.25) is 5.02 Å². The largest absolute Gasteiger partial charge is 0.545 e. The second-order valence-corrected chi connectivity index (χ2v) is 3.98. The molecular formula is C13H9ClO4-2. The molecule has 0 spiro atoms. The van der Waals surface area contributed by atoms with Crippen LogP contribution in [-0.4, -0.2) is 11.9 Å². The van der Waals surface area contributed by atoms with Crippen LogP contribution in [0.1, 0.15) is 12.5 Å². The van der Waals surface area contributed by atoms with E-state index in [0.29, 0.717) is 16.7 Å². The van der Waals surface area contributed by atoms with Crippen molar-refractivity contribution in [2.45, 2.75) is 6.92 Å². The zero-order chi connectivity index (χ0) is 13.7. The van der Waals surface area contributed by atoms with Gasteiger partial charge in [-0.1, -0.05) is 23.7 Å². The van der Waals surface area contributed by atoms with Crippen molar-refractivity contribution in [1.29, 1.82) is 0 Å². The molecule has 0 radical (unpaired) electrons. The summed E-state index contributed by atoms with van der Waals surface area (Å²) < 4.78 is 0. The van der Waals surface area contributed by atoms with Crippen molar-refractivity contribution in [2.75, 3.05) is 0 Å². The van der Waals surface area contributed by atoms with E-state index in [0.717, 1.165) is 0 Å². The fourth-order valence-corrected chi connectivity index (χ4v) is 1.44. The third-order valence-electron chi connectivity index (χ3n) is 2.16. The summed E-state index contributed by atoms with van der Waals surface area (Å²) in [6.45, 7) is 1.35. The molecule has 0 heterocycles. The number of hydrogen-bond donors (Lipinski definition) is 0. The number of rotatable bonds is 4. The topological polar surface area (TPSA) is 80.3 Å². The quantitative estimate of drug-likeness (QED) is 0.573. The summed E-state index contributed by atoms with van der Waals surface area (Å²) in [5.41, 5.74) is 0.399. The number of aliphatic carboxylic acids is 2. The highest BCUT2D eigenvalue weighted by atomic mass is 35.5. The highest BCUT2D eigenvalue weighted by Crippen LogP contribution is 2.16. The van der Waals surface area contributed by atoms with E-state index in [-0.39, 0.29) is 11.1 Å². The van der Waals surface area contributed by atoms with Crippen molar-refractivity contribution >= 4 is 29.6 Å². The highest BCUT2D eigenvalue weighted by molar-refractivity contribution is 6.30. The minimum absolute atomic E-state index is 0.0463. The van der Waals surface area contributed by atoms with Crippen molar-refractivity contribution in [3.63, 3.8) is 0 Å². The van der Waals surface area contributed by atoms with Gasteiger partial charge >= 0.3 is 0 Å². The number of carbonyl (C=O) groups is 2. The lowest BCUT2D eigenvalue weighted by molar-refractivity contribution is -0.298. The predicted octanol–water partition coefficient (Wildman–Crippen LogP) is 0.169. The fraction of sp³-hybridized carbons (Fsp3) is 0.0769. The maximum absolute atomic E-state index is 10.9. The van der Waals surface area contributed by atoms with Crippen LogP contribution < -0.4 is 10.2 Å². The van der Waals surface area contributed by atoms with Crippen LogP contribution in [0.5, 0.6) is 0 Å². The molecule has 0 N–H and O–H groups in total. The zero-order valence-corrected chi connectivity index (χ0v) is 10.2. The van der Waals surface area contributed by atoms with Gasteiger partial charge in [0.15, 0.2) is 0 Å². The van der Waals surface area contributed by atoms with Gasteiger partial charge < -0.3 is 19.8 Å². The van der Waals surface area contributed by atoms with Crippen LogP contribution in [-0.2, 0) is 9.59 Å². The van der Waals surface area contributed by atoms with Crippen molar-refractivity contribution < 1.29 is 19.8 Å². The van der Waals surface area contributed by atoms with Crippen LogP contribution in [0.4, 0.5) is 0 Å². The molecular weight excluding hydrogens is 256 g/mol. The molecule has 1 aromatic carbocycles. The predicted molar refractivity (Wildman–Crippen MR) is 63.2 cm³/mol. The zero-order valence-electron chi connectivity index (χ0n) is 9.48. The van der Waals surface area contributed by atoms with Crippen molar-refractivity contribution in [1.82, 2.24) is 0 Å². The summed E-state index contributed by atoms with van der Waals surface area (Å²) in [6, 6.07) is 6.41. The molecule has 0 atom stereocenters. The number of hydrogen-bond acceptors (Lipinski definition) is 4. The number of benzene rings is 1. The third-order valence-corrected chi connectivity index (χ3v) is 2.41. The smallest absolute Gasteiger partial charge is 0.0718 e. The van der Waals surface area contributed by atoms with Crippen LogP contribution in [0, 0.1) is 0 Å². The van der Waals surface area contributed by atoms with Crippen molar-refractivity contribution in [2.24, 2.45) is 0 Å². The normalized spacial score (nSPS) is 12.3. The first-order chi connectivity index (χ1) is 8.40. The maximum atomic E-state index is 10.9. The Bertz CT molecular complexity index is 526. The third kappa shape index (κ3) is 4.07. The Morgan fingerprint density at radius 2 is 1.72 bits per heavy atom. The van der Waals surface area contributed by atoms with Gasteiger partial charge in [-0.15, -0.1) is 0 Å². The average molecular weight is 265 g/mol. The Kier molecular flexibility index (Phi) is 4.68. The lowest BCUT2D eigenvalue weighted by Gasteiger charge is -2.10. The number of halogens is 1. The first-order valence-corrected chi connectivity index (χ1v) is 5.36. The molecule has 0 aliphatic rings. The summed E-state index contributed by atoms with van der Waals surface area (Å²) >= 11 is 5.70. The van der Waals surface area contributed by atoms with Gasteiger partial charge in [0.05, 0.1) is 11.9 Å². The summed E-state index contributed by atoms with van der Waals surface area (Å²) in [7, 11) is 0. The molecule has 0 amide bonds. The average Bonchev–Trinajstić information content (AvgIpc) is 2.26. The minimum atomic E-state index is -1.46. The molecule has 18 heavy (non-hydrogen) atoms. The van der Waals surface area contributed by atoms with Crippen LogP contribution in [0.15, 0.2) is 41.5 Å². The first-order valence-electron chi connectivity index (χ1n) is 4.98.